The van der Waals surface area contributed by atoms with Crippen LogP contribution >= 0.6 is 11.8 Å². The first-order chi connectivity index (χ1) is 12.0. The van der Waals surface area contributed by atoms with Crippen molar-refractivity contribution < 1.29 is 14.3 Å². The predicted molar refractivity (Wildman–Crippen MR) is 101 cm³/mol. The molecule has 0 radical (unpaired) electrons. The van der Waals surface area contributed by atoms with Gasteiger partial charge in [0.2, 0.25) is 0 Å². The molecule has 0 fully saturated rings. The lowest BCUT2D eigenvalue weighted by atomic mass is 10.1. The fraction of sp³-hybridized carbons (Fsp3) is 0.300. The van der Waals surface area contributed by atoms with Crippen LogP contribution in [0, 0.1) is 13.8 Å². The summed E-state index contributed by atoms with van der Waals surface area (Å²) in [5.74, 6) is -0.467. The molecule has 0 aliphatic carbocycles. The Morgan fingerprint density at radius 2 is 1.84 bits per heavy atom. The average molecular weight is 357 g/mol. The van der Waals surface area contributed by atoms with Gasteiger partial charge in [0.1, 0.15) is 0 Å². The van der Waals surface area contributed by atoms with Crippen LogP contribution in [0.4, 0.5) is 0 Å². The minimum Gasteiger partial charge on any atom is -0.455 e. The number of hydrogen-bond acceptors (Lipinski definition) is 4. The Balaban J connectivity index is 1.63. The smallest absolute Gasteiger partial charge is 0.316 e. The second-order valence-electron chi connectivity index (χ2n) is 5.80. The normalized spacial score (nSPS) is 10.3. The van der Waals surface area contributed by atoms with E-state index < -0.39 is 0 Å². The molecule has 4 nitrogen and oxygen atoms in total. The Hall–Kier alpha value is -2.27. The molecule has 0 spiro atoms. The summed E-state index contributed by atoms with van der Waals surface area (Å²) in [5, 5.41) is 2.75. The molecule has 0 saturated carbocycles. The molecule has 1 N–H and O–H groups in total. The van der Waals surface area contributed by atoms with Crippen LogP contribution in [0.2, 0.25) is 0 Å². The first-order valence-electron chi connectivity index (χ1n) is 8.21. The SMILES string of the molecule is Cc1ccc(SCC(=O)OCC(=O)NCCc2ccccc2)c(C)c1. The van der Waals surface area contributed by atoms with Crippen molar-refractivity contribution >= 4 is 23.6 Å². The van der Waals surface area contributed by atoms with Crippen LogP contribution in [0.25, 0.3) is 0 Å². The van der Waals surface area contributed by atoms with Gasteiger partial charge in [-0.25, -0.2) is 0 Å². The molecule has 2 aromatic carbocycles. The third-order valence-corrected chi connectivity index (χ3v) is 4.77. The largest absolute Gasteiger partial charge is 0.455 e. The lowest BCUT2D eigenvalue weighted by molar-refractivity contribution is -0.145. The Kier molecular flexibility index (Phi) is 7.54. The van der Waals surface area contributed by atoms with Crippen molar-refractivity contribution in [1.82, 2.24) is 5.32 Å². The second-order valence-corrected chi connectivity index (χ2v) is 6.82. The van der Waals surface area contributed by atoms with Crippen LogP contribution < -0.4 is 5.32 Å². The Morgan fingerprint density at radius 3 is 2.56 bits per heavy atom. The molecular formula is C20H23NO3S. The number of carbonyl (C=O) groups excluding carboxylic acids is 2. The molecule has 0 aromatic heterocycles. The third-order valence-electron chi connectivity index (χ3n) is 3.62. The number of benzene rings is 2. The minimum absolute atomic E-state index is 0.196. The first kappa shape index (κ1) is 19.1. The number of carbonyl (C=O) groups is 2. The summed E-state index contributed by atoms with van der Waals surface area (Å²) in [4.78, 5) is 24.5. The van der Waals surface area contributed by atoms with E-state index in [1.807, 2.05) is 56.3 Å². The van der Waals surface area contributed by atoms with E-state index in [-0.39, 0.29) is 24.2 Å². The summed E-state index contributed by atoms with van der Waals surface area (Å²) in [5.41, 5.74) is 3.48. The van der Waals surface area contributed by atoms with E-state index in [1.165, 1.54) is 17.3 Å². The molecule has 5 heteroatoms. The summed E-state index contributed by atoms with van der Waals surface area (Å²) >= 11 is 1.42. The molecule has 1 amide bonds. The molecule has 2 rings (SSSR count). The Labute approximate surface area is 153 Å². The van der Waals surface area contributed by atoms with E-state index >= 15 is 0 Å². The van der Waals surface area contributed by atoms with Gasteiger partial charge in [-0.1, -0.05) is 48.0 Å². The number of aryl methyl sites for hydroxylation is 2. The molecule has 0 aliphatic heterocycles. The van der Waals surface area contributed by atoms with Crippen molar-refractivity contribution in [2.75, 3.05) is 18.9 Å². The summed E-state index contributed by atoms with van der Waals surface area (Å²) in [6.45, 7) is 4.34. The summed E-state index contributed by atoms with van der Waals surface area (Å²) in [7, 11) is 0. The zero-order chi connectivity index (χ0) is 18.1. The molecule has 0 heterocycles. The molecule has 0 saturated heterocycles. The molecule has 0 bridgehead atoms. The van der Waals surface area contributed by atoms with Crippen molar-refractivity contribution in [3.8, 4) is 0 Å². The van der Waals surface area contributed by atoms with Crippen molar-refractivity contribution in [2.24, 2.45) is 0 Å². The highest BCUT2D eigenvalue weighted by molar-refractivity contribution is 8.00. The van der Waals surface area contributed by atoms with Crippen molar-refractivity contribution in [1.29, 1.82) is 0 Å². The third kappa shape index (κ3) is 7.01. The summed E-state index contributed by atoms with van der Waals surface area (Å²) in [6, 6.07) is 16.0. The van der Waals surface area contributed by atoms with E-state index in [0.717, 1.165) is 22.4 Å². The Bertz CT molecular complexity index is 716. The molecule has 2 aromatic rings. The van der Waals surface area contributed by atoms with Gasteiger partial charge in [0, 0.05) is 11.4 Å². The lowest BCUT2D eigenvalue weighted by Gasteiger charge is -2.08. The molecule has 132 valence electrons. The van der Waals surface area contributed by atoms with Crippen molar-refractivity contribution in [2.45, 2.75) is 25.2 Å². The molecule has 0 atom stereocenters. The molecule has 25 heavy (non-hydrogen) atoms. The minimum atomic E-state index is -0.386. The zero-order valence-electron chi connectivity index (χ0n) is 14.6. The number of amides is 1. The van der Waals surface area contributed by atoms with E-state index in [4.69, 9.17) is 4.74 Å². The zero-order valence-corrected chi connectivity index (χ0v) is 15.4. The van der Waals surface area contributed by atoms with Gasteiger partial charge in [0.25, 0.3) is 5.91 Å². The van der Waals surface area contributed by atoms with Crippen LogP contribution in [0.1, 0.15) is 16.7 Å². The van der Waals surface area contributed by atoms with Crippen LogP contribution in [0.15, 0.2) is 53.4 Å². The highest BCUT2D eigenvalue weighted by Crippen LogP contribution is 2.23. The van der Waals surface area contributed by atoms with Gasteiger partial charge in [-0.2, -0.15) is 0 Å². The molecular weight excluding hydrogens is 334 g/mol. The van der Waals surface area contributed by atoms with E-state index in [0.29, 0.717) is 6.54 Å². The number of thioether (sulfide) groups is 1. The maximum absolute atomic E-state index is 11.8. The monoisotopic (exact) mass is 357 g/mol. The van der Waals surface area contributed by atoms with Gasteiger partial charge in [-0.15, -0.1) is 11.8 Å². The average Bonchev–Trinajstić information content (AvgIpc) is 2.60. The van der Waals surface area contributed by atoms with Crippen molar-refractivity contribution in [3.63, 3.8) is 0 Å². The van der Waals surface area contributed by atoms with Crippen molar-refractivity contribution in [3.05, 3.63) is 65.2 Å². The second kappa shape index (κ2) is 9.89. The fourth-order valence-electron chi connectivity index (χ4n) is 2.33. The first-order valence-corrected chi connectivity index (χ1v) is 9.19. The maximum atomic E-state index is 11.8. The molecule has 0 aliphatic rings. The lowest BCUT2D eigenvalue weighted by Crippen LogP contribution is -2.30. The van der Waals surface area contributed by atoms with Gasteiger partial charge in [0.05, 0.1) is 5.75 Å². The van der Waals surface area contributed by atoms with Gasteiger partial charge in [-0.05, 0) is 37.5 Å². The topological polar surface area (TPSA) is 55.4 Å². The number of nitrogens with one attached hydrogen (secondary N) is 1. The van der Waals surface area contributed by atoms with Gasteiger partial charge in [-0.3, -0.25) is 9.59 Å². The highest BCUT2D eigenvalue weighted by Gasteiger charge is 2.09. The molecule has 0 unspecified atom stereocenters. The quantitative estimate of drug-likeness (QED) is 0.582. The number of ether oxygens (including phenoxy) is 1. The van der Waals surface area contributed by atoms with Gasteiger partial charge >= 0.3 is 5.97 Å². The summed E-state index contributed by atoms with van der Waals surface area (Å²) in [6.07, 6.45) is 0.753. The standard InChI is InChI=1S/C20H23NO3S/c1-15-8-9-18(16(2)12-15)25-14-20(23)24-13-19(22)21-11-10-17-6-4-3-5-7-17/h3-9,12H,10-11,13-14H2,1-2H3,(H,21,22). The van der Waals surface area contributed by atoms with Crippen LogP contribution in [-0.4, -0.2) is 30.8 Å². The van der Waals surface area contributed by atoms with Gasteiger partial charge in [0.15, 0.2) is 6.61 Å². The predicted octanol–water partition coefficient (Wildman–Crippen LogP) is 3.30. The van der Waals surface area contributed by atoms with Crippen LogP contribution in [0.5, 0.6) is 0 Å². The van der Waals surface area contributed by atoms with Gasteiger partial charge < -0.3 is 10.1 Å². The van der Waals surface area contributed by atoms with Crippen LogP contribution in [-0.2, 0) is 20.7 Å². The number of rotatable bonds is 8. The maximum Gasteiger partial charge on any atom is 0.316 e. The van der Waals surface area contributed by atoms with E-state index in [1.54, 1.807) is 0 Å². The number of esters is 1. The fourth-order valence-corrected chi connectivity index (χ4v) is 3.14. The van der Waals surface area contributed by atoms with E-state index in [2.05, 4.69) is 11.4 Å². The summed E-state index contributed by atoms with van der Waals surface area (Å²) < 4.78 is 5.02. The van der Waals surface area contributed by atoms with E-state index in [9.17, 15) is 9.59 Å². The Morgan fingerprint density at radius 1 is 1.08 bits per heavy atom. The van der Waals surface area contributed by atoms with Crippen LogP contribution in [0.3, 0.4) is 0 Å². The number of hydrogen-bond donors (Lipinski definition) is 1. The highest BCUT2D eigenvalue weighted by atomic mass is 32.2.